The molecule has 3 N–H and O–H groups in total. The quantitative estimate of drug-likeness (QED) is 0.510. The van der Waals surface area contributed by atoms with E-state index in [9.17, 15) is 4.79 Å². The zero-order valence-electron chi connectivity index (χ0n) is 17.2. The number of carbonyl (C=O) groups is 1. The molecule has 156 valence electrons. The van der Waals surface area contributed by atoms with Gasteiger partial charge in [-0.1, -0.05) is 19.3 Å². The maximum absolute atomic E-state index is 12.5. The Morgan fingerprint density at radius 3 is 2.54 bits per heavy atom. The summed E-state index contributed by atoms with van der Waals surface area (Å²) in [6.45, 7) is 0.918. The maximum atomic E-state index is 12.5. The molecule has 0 radical (unpaired) electrons. The van der Waals surface area contributed by atoms with Crippen molar-refractivity contribution in [1.82, 2.24) is 16.0 Å². The molecule has 1 spiro atoms. The summed E-state index contributed by atoms with van der Waals surface area (Å²) in [7, 11) is 1.87. The Balaban J connectivity index is 1.19. The van der Waals surface area contributed by atoms with Gasteiger partial charge in [-0.25, -0.2) is 0 Å². The highest BCUT2D eigenvalue weighted by Crippen LogP contribution is 2.60. The fourth-order valence-electron chi connectivity index (χ4n) is 6.52. The Kier molecular flexibility index (Phi) is 5.02. The third-order valence-electron chi connectivity index (χ3n) is 8.11. The molecule has 5 atom stereocenters. The van der Waals surface area contributed by atoms with Crippen molar-refractivity contribution < 1.29 is 9.53 Å². The summed E-state index contributed by atoms with van der Waals surface area (Å²) in [6, 6.07) is 1.29. The van der Waals surface area contributed by atoms with Crippen molar-refractivity contribution in [1.29, 1.82) is 0 Å². The van der Waals surface area contributed by atoms with Gasteiger partial charge < -0.3 is 20.7 Å². The average Bonchev–Trinajstić information content (AvgIpc) is 3.20. The Hall–Kier alpha value is -1.30. The van der Waals surface area contributed by atoms with Gasteiger partial charge in [0.2, 0.25) is 5.91 Å². The summed E-state index contributed by atoms with van der Waals surface area (Å²) in [6.07, 6.45) is 13.4. The van der Waals surface area contributed by atoms with E-state index in [1.165, 1.54) is 32.1 Å². The molecule has 5 fully saturated rings. The van der Waals surface area contributed by atoms with E-state index in [1.54, 1.807) is 0 Å². The van der Waals surface area contributed by atoms with Crippen LogP contribution < -0.4 is 16.0 Å². The van der Waals surface area contributed by atoms with Crippen LogP contribution in [0.25, 0.3) is 0 Å². The third kappa shape index (κ3) is 3.31. The van der Waals surface area contributed by atoms with E-state index in [4.69, 9.17) is 4.74 Å². The molecule has 1 aliphatic heterocycles. The largest absolute Gasteiger partial charge is 0.377 e. The SMILES string of the molecule is CN=C(NC1CCCC(C(=O)NC2CC2)C1)NC1C2CCOC2C12CCCC2. The van der Waals surface area contributed by atoms with E-state index in [-0.39, 0.29) is 11.8 Å². The minimum absolute atomic E-state index is 0.155. The molecule has 28 heavy (non-hydrogen) atoms. The number of ether oxygens (including phenoxy) is 1. The Bertz CT molecular complexity index is 626. The van der Waals surface area contributed by atoms with Crippen LogP contribution in [-0.4, -0.2) is 49.8 Å². The molecule has 1 saturated heterocycles. The predicted molar refractivity (Wildman–Crippen MR) is 109 cm³/mol. The summed E-state index contributed by atoms with van der Waals surface area (Å²) in [5.74, 6) is 1.99. The first kappa shape index (κ1) is 18.7. The number of carbonyl (C=O) groups excluding carboxylic acids is 1. The molecular weight excluding hydrogens is 352 g/mol. The molecule has 6 heteroatoms. The second-order valence-electron chi connectivity index (χ2n) is 9.87. The molecular formula is C22H36N4O2. The predicted octanol–water partition coefficient (Wildman–Crippen LogP) is 2.34. The third-order valence-corrected chi connectivity index (χ3v) is 8.11. The summed E-state index contributed by atoms with van der Waals surface area (Å²) in [4.78, 5) is 17.0. The lowest BCUT2D eigenvalue weighted by Gasteiger charge is -2.57. The Morgan fingerprint density at radius 2 is 1.79 bits per heavy atom. The van der Waals surface area contributed by atoms with Gasteiger partial charge in [0.15, 0.2) is 5.96 Å². The van der Waals surface area contributed by atoms with Crippen LogP contribution in [0.5, 0.6) is 0 Å². The second kappa shape index (κ2) is 7.51. The lowest BCUT2D eigenvalue weighted by atomic mass is 9.54. The fourth-order valence-corrected chi connectivity index (χ4v) is 6.52. The van der Waals surface area contributed by atoms with Crippen LogP contribution in [0, 0.1) is 17.3 Å². The van der Waals surface area contributed by atoms with Crippen molar-refractivity contribution in [2.45, 2.75) is 94.9 Å². The normalized spacial score (nSPS) is 39.3. The van der Waals surface area contributed by atoms with Crippen LogP contribution in [0.2, 0.25) is 0 Å². The Labute approximate surface area is 168 Å². The number of amides is 1. The molecule has 0 aromatic rings. The van der Waals surface area contributed by atoms with Crippen molar-refractivity contribution >= 4 is 11.9 Å². The number of nitrogens with zero attached hydrogens (tertiary/aromatic N) is 1. The monoisotopic (exact) mass is 388 g/mol. The molecule has 5 rings (SSSR count). The van der Waals surface area contributed by atoms with Gasteiger partial charge in [0.05, 0.1) is 6.10 Å². The van der Waals surface area contributed by atoms with Crippen LogP contribution >= 0.6 is 0 Å². The zero-order valence-corrected chi connectivity index (χ0v) is 17.2. The van der Waals surface area contributed by atoms with Crippen molar-refractivity contribution in [3.05, 3.63) is 0 Å². The van der Waals surface area contributed by atoms with Crippen molar-refractivity contribution in [2.24, 2.45) is 22.2 Å². The highest BCUT2D eigenvalue weighted by Gasteiger charge is 2.65. The van der Waals surface area contributed by atoms with E-state index >= 15 is 0 Å². The topological polar surface area (TPSA) is 74.8 Å². The van der Waals surface area contributed by atoms with Crippen molar-refractivity contribution in [2.75, 3.05) is 13.7 Å². The van der Waals surface area contributed by atoms with Gasteiger partial charge in [-0.2, -0.15) is 0 Å². The smallest absolute Gasteiger partial charge is 0.223 e. The Morgan fingerprint density at radius 1 is 0.964 bits per heavy atom. The first-order valence-corrected chi connectivity index (χ1v) is 11.6. The van der Waals surface area contributed by atoms with Gasteiger partial charge in [-0.3, -0.25) is 9.79 Å². The van der Waals surface area contributed by atoms with Gasteiger partial charge in [0, 0.05) is 49.0 Å². The van der Waals surface area contributed by atoms with E-state index < -0.39 is 0 Å². The van der Waals surface area contributed by atoms with Gasteiger partial charge in [-0.05, 0) is 51.4 Å². The van der Waals surface area contributed by atoms with Crippen LogP contribution in [0.1, 0.15) is 70.6 Å². The van der Waals surface area contributed by atoms with E-state index in [0.717, 1.165) is 51.1 Å². The number of hydrogen-bond donors (Lipinski definition) is 3. The number of hydrogen-bond acceptors (Lipinski definition) is 3. The first-order chi connectivity index (χ1) is 13.7. The maximum Gasteiger partial charge on any atom is 0.223 e. The van der Waals surface area contributed by atoms with E-state index in [0.29, 0.717) is 35.6 Å². The molecule has 4 aliphatic carbocycles. The summed E-state index contributed by atoms with van der Waals surface area (Å²) >= 11 is 0. The highest BCUT2D eigenvalue weighted by molar-refractivity contribution is 5.81. The molecule has 0 aromatic carbocycles. The molecule has 0 bridgehead atoms. The lowest BCUT2D eigenvalue weighted by Crippen LogP contribution is -2.69. The molecule has 5 aliphatic rings. The van der Waals surface area contributed by atoms with Crippen molar-refractivity contribution in [3.63, 3.8) is 0 Å². The molecule has 5 unspecified atom stereocenters. The zero-order chi connectivity index (χ0) is 19.1. The highest BCUT2D eigenvalue weighted by atomic mass is 16.5. The number of aliphatic imine (C=N–C) groups is 1. The number of guanidine groups is 1. The van der Waals surface area contributed by atoms with Gasteiger partial charge in [0.25, 0.3) is 0 Å². The minimum atomic E-state index is 0.155. The van der Waals surface area contributed by atoms with Crippen molar-refractivity contribution in [3.8, 4) is 0 Å². The minimum Gasteiger partial charge on any atom is -0.377 e. The molecule has 1 heterocycles. The fraction of sp³-hybridized carbons (Fsp3) is 0.909. The second-order valence-corrected chi connectivity index (χ2v) is 9.87. The lowest BCUT2D eigenvalue weighted by molar-refractivity contribution is -0.126. The van der Waals surface area contributed by atoms with Crippen LogP contribution in [0.4, 0.5) is 0 Å². The van der Waals surface area contributed by atoms with Gasteiger partial charge >= 0.3 is 0 Å². The number of fused-ring (bicyclic) bond motifs is 2. The van der Waals surface area contributed by atoms with Crippen LogP contribution in [0.15, 0.2) is 4.99 Å². The standard InChI is InChI=1S/C22H36N4O2/c1-23-21(25-16-6-4-5-14(13-16)20(27)24-15-7-8-15)26-18-17-9-12-28-19(17)22(18)10-2-3-11-22/h14-19H,2-13H2,1H3,(H,24,27)(H2,23,25,26). The van der Waals surface area contributed by atoms with Gasteiger partial charge in [-0.15, -0.1) is 0 Å². The number of nitrogens with one attached hydrogen (secondary N) is 3. The van der Waals surface area contributed by atoms with Crippen LogP contribution in [-0.2, 0) is 9.53 Å². The molecule has 0 aromatic heterocycles. The van der Waals surface area contributed by atoms with E-state index in [2.05, 4.69) is 20.9 Å². The summed E-state index contributed by atoms with van der Waals surface area (Å²) in [5.41, 5.74) is 0.331. The molecule has 1 amide bonds. The van der Waals surface area contributed by atoms with Crippen LogP contribution in [0.3, 0.4) is 0 Å². The molecule has 4 saturated carbocycles. The summed E-state index contributed by atoms with van der Waals surface area (Å²) in [5, 5.41) is 10.7. The van der Waals surface area contributed by atoms with E-state index in [1.807, 2.05) is 7.05 Å². The first-order valence-electron chi connectivity index (χ1n) is 11.6. The molecule has 6 nitrogen and oxygen atoms in total. The number of rotatable bonds is 4. The van der Waals surface area contributed by atoms with Gasteiger partial charge in [0.1, 0.15) is 0 Å². The summed E-state index contributed by atoms with van der Waals surface area (Å²) < 4.78 is 6.12. The average molecular weight is 389 g/mol.